The Kier molecular flexibility index (Phi) is 4.82. The number of ether oxygens (including phenoxy) is 1. The molecule has 22 heavy (non-hydrogen) atoms. The molecule has 0 atom stereocenters. The number of aliphatic carboxylic acids is 1. The topological polar surface area (TPSA) is 66.8 Å². The molecular formula is C15H18ClNO4S. The molecule has 0 aromatic carbocycles. The zero-order valence-corrected chi connectivity index (χ0v) is 14.3. The summed E-state index contributed by atoms with van der Waals surface area (Å²) < 4.78 is 5.94. The van der Waals surface area contributed by atoms with Crippen LogP contribution in [-0.2, 0) is 9.53 Å². The molecule has 0 saturated heterocycles. The summed E-state index contributed by atoms with van der Waals surface area (Å²) in [6.45, 7) is 5.94. The van der Waals surface area contributed by atoms with E-state index in [1.807, 2.05) is 0 Å². The van der Waals surface area contributed by atoms with Gasteiger partial charge < -0.3 is 14.7 Å². The highest BCUT2D eigenvalue weighted by Crippen LogP contribution is 2.33. The van der Waals surface area contributed by atoms with Gasteiger partial charge in [0, 0.05) is 17.0 Å². The Morgan fingerprint density at radius 3 is 2.55 bits per heavy atom. The van der Waals surface area contributed by atoms with E-state index in [0.29, 0.717) is 28.4 Å². The van der Waals surface area contributed by atoms with E-state index in [0.717, 1.165) is 4.88 Å². The fourth-order valence-corrected chi connectivity index (χ4v) is 3.29. The van der Waals surface area contributed by atoms with E-state index < -0.39 is 17.7 Å². The Hall–Kier alpha value is -1.53. The number of carbonyl (C=O) groups is 2. The van der Waals surface area contributed by atoms with Crippen molar-refractivity contribution in [2.45, 2.75) is 32.8 Å². The zero-order chi connectivity index (χ0) is 16.5. The first-order valence-electron chi connectivity index (χ1n) is 6.86. The number of amides is 1. The highest BCUT2D eigenvalue weighted by Gasteiger charge is 2.30. The summed E-state index contributed by atoms with van der Waals surface area (Å²) in [5.41, 5.74) is 0.375. The van der Waals surface area contributed by atoms with Crippen molar-refractivity contribution >= 4 is 40.6 Å². The second kappa shape index (κ2) is 6.30. The number of carboxylic acid groups (broad SMARTS) is 1. The minimum Gasteiger partial charge on any atom is -0.478 e. The van der Waals surface area contributed by atoms with Gasteiger partial charge in [-0.3, -0.25) is 0 Å². The lowest BCUT2D eigenvalue weighted by molar-refractivity contribution is -0.132. The van der Waals surface area contributed by atoms with Gasteiger partial charge in [-0.2, -0.15) is 0 Å². The first kappa shape index (κ1) is 16.8. The third-order valence-electron chi connectivity index (χ3n) is 3.13. The number of carboxylic acids is 1. The van der Waals surface area contributed by atoms with Gasteiger partial charge in [0.15, 0.2) is 0 Å². The standard InChI is InChI=1S/C15H18ClNO4S/c1-15(2,3)21-14(20)17-7-6-9(13(18)19)10(8-17)11-4-5-12(16)22-11/h4-5H,6-8H2,1-3H3,(H,18,19). The molecule has 0 unspecified atom stereocenters. The van der Waals surface area contributed by atoms with E-state index >= 15 is 0 Å². The van der Waals surface area contributed by atoms with Crippen LogP contribution in [0.15, 0.2) is 17.7 Å². The number of thiophene rings is 1. The second-order valence-corrected chi connectivity index (χ2v) is 7.73. The highest BCUT2D eigenvalue weighted by atomic mass is 35.5. The van der Waals surface area contributed by atoms with E-state index in [2.05, 4.69) is 0 Å². The largest absolute Gasteiger partial charge is 0.478 e. The number of hydrogen-bond acceptors (Lipinski definition) is 4. The highest BCUT2D eigenvalue weighted by molar-refractivity contribution is 7.17. The monoisotopic (exact) mass is 343 g/mol. The minimum atomic E-state index is -0.955. The molecule has 120 valence electrons. The molecule has 1 N–H and O–H groups in total. The average Bonchev–Trinajstić information content (AvgIpc) is 2.82. The smallest absolute Gasteiger partial charge is 0.410 e. The molecule has 2 heterocycles. The van der Waals surface area contributed by atoms with E-state index in [9.17, 15) is 14.7 Å². The maximum atomic E-state index is 12.2. The molecule has 1 aromatic heterocycles. The van der Waals surface area contributed by atoms with E-state index in [1.54, 1.807) is 32.9 Å². The molecule has 7 heteroatoms. The van der Waals surface area contributed by atoms with Crippen LogP contribution < -0.4 is 0 Å². The van der Waals surface area contributed by atoms with Crippen LogP contribution in [-0.4, -0.2) is 40.8 Å². The summed E-state index contributed by atoms with van der Waals surface area (Å²) >= 11 is 7.24. The fourth-order valence-electron chi connectivity index (χ4n) is 2.18. The summed E-state index contributed by atoms with van der Waals surface area (Å²) in [7, 11) is 0. The van der Waals surface area contributed by atoms with Crippen molar-refractivity contribution in [3.05, 3.63) is 26.9 Å². The molecule has 0 aliphatic carbocycles. The summed E-state index contributed by atoms with van der Waals surface area (Å²) in [5, 5.41) is 9.37. The number of nitrogens with zero attached hydrogens (tertiary/aromatic N) is 1. The van der Waals surface area contributed by atoms with E-state index in [1.165, 1.54) is 16.2 Å². The predicted molar refractivity (Wildman–Crippen MR) is 86.3 cm³/mol. The molecule has 0 saturated carbocycles. The molecule has 0 fully saturated rings. The van der Waals surface area contributed by atoms with Crippen LogP contribution in [0.25, 0.3) is 5.57 Å². The SMILES string of the molecule is CC(C)(C)OC(=O)N1CCC(C(=O)O)=C(c2ccc(Cl)s2)C1. The number of hydrogen-bond donors (Lipinski definition) is 1. The Labute approximate surface area is 138 Å². The summed E-state index contributed by atoms with van der Waals surface area (Å²) in [4.78, 5) is 25.9. The third-order valence-corrected chi connectivity index (χ3v) is 4.42. The average molecular weight is 344 g/mol. The van der Waals surface area contributed by atoms with Crippen molar-refractivity contribution < 1.29 is 19.4 Å². The van der Waals surface area contributed by atoms with Crippen LogP contribution >= 0.6 is 22.9 Å². The summed E-state index contributed by atoms with van der Waals surface area (Å²) in [6.07, 6.45) is -0.142. The number of halogens is 1. The number of carbonyl (C=O) groups excluding carboxylic acids is 1. The molecule has 0 bridgehead atoms. The van der Waals surface area contributed by atoms with Gasteiger partial charge >= 0.3 is 12.1 Å². The second-order valence-electron chi connectivity index (χ2n) is 6.02. The zero-order valence-electron chi connectivity index (χ0n) is 12.7. The van der Waals surface area contributed by atoms with Gasteiger partial charge in [-0.05, 0) is 44.9 Å². The van der Waals surface area contributed by atoms with E-state index in [-0.39, 0.29) is 6.54 Å². The molecule has 1 aliphatic heterocycles. The van der Waals surface area contributed by atoms with Crippen molar-refractivity contribution in [2.75, 3.05) is 13.1 Å². The third kappa shape index (κ3) is 4.01. The molecule has 2 rings (SSSR count). The molecule has 1 amide bonds. The summed E-state index contributed by atoms with van der Waals surface area (Å²) in [5.74, 6) is -0.955. The van der Waals surface area contributed by atoms with Crippen LogP contribution in [0.2, 0.25) is 4.34 Å². The number of rotatable bonds is 2. The van der Waals surface area contributed by atoms with Crippen molar-refractivity contribution in [1.82, 2.24) is 4.90 Å². The first-order valence-corrected chi connectivity index (χ1v) is 8.06. The molecule has 1 aromatic rings. The van der Waals surface area contributed by atoms with Crippen LogP contribution in [0.5, 0.6) is 0 Å². The normalized spacial score (nSPS) is 15.9. The van der Waals surface area contributed by atoms with Gasteiger partial charge in [0.2, 0.25) is 0 Å². The van der Waals surface area contributed by atoms with Crippen molar-refractivity contribution in [3.63, 3.8) is 0 Å². The van der Waals surface area contributed by atoms with Gasteiger partial charge in [-0.25, -0.2) is 9.59 Å². The van der Waals surface area contributed by atoms with Gasteiger partial charge in [0.1, 0.15) is 5.60 Å². The van der Waals surface area contributed by atoms with Gasteiger partial charge in [-0.15, -0.1) is 11.3 Å². The Morgan fingerprint density at radius 2 is 2.05 bits per heavy atom. The Bertz CT molecular complexity index is 630. The lowest BCUT2D eigenvalue weighted by atomic mass is 9.99. The van der Waals surface area contributed by atoms with Crippen molar-refractivity contribution in [1.29, 1.82) is 0 Å². The fraction of sp³-hybridized carbons (Fsp3) is 0.467. The Morgan fingerprint density at radius 1 is 1.36 bits per heavy atom. The Balaban J connectivity index is 2.27. The van der Waals surface area contributed by atoms with Crippen molar-refractivity contribution in [2.24, 2.45) is 0 Å². The summed E-state index contributed by atoms with van der Waals surface area (Å²) in [6, 6.07) is 3.50. The molecule has 5 nitrogen and oxygen atoms in total. The van der Waals surface area contributed by atoms with Crippen LogP contribution in [0, 0.1) is 0 Å². The van der Waals surface area contributed by atoms with Crippen LogP contribution in [0.3, 0.4) is 0 Å². The lowest BCUT2D eigenvalue weighted by Crippen LogP contribution is -2.41. The predicted octanol–water partition coefficient (Wildman–Crippen LogP) is 3.88. The first-order chi connectivity index (χ1) is 10.2. The maximum absolute atomic E-state index is 12.2. The van der Waals surface area contributed by atoms with Gasteiger partial charge in [0.05, 0.1) is 10.9 Å². The van der Waals surface area contributed by atoms with Crippen LogP contribution in [0.4, 0.5) is 4.79 Å². The maximum Gasteiger partial charge on any atom is 0.410 e. The quantitative estimate of drug-likeness (QED) is 0.884. The van der Waals surface area contributed by atoms with Gasteiger partial charge in [0.25, 0.3) is 0 Å². The molecular weight excluding hydrogens is 326 g/mol. The molecule has 0 spiro atoms. The van der Waals surface area contributed by atoms with Crippen molar-refractivity contribution in [3.8, 4) is 0 Å². The minimum absolute atomic E-state index is 0.216. The van der Waals surface area contributed by atoms with Gasteiger partial charge in [-0.1, -0.05) is 11.6 Å². The molecule has 0 radical (unpaired) electrons. The van der Waals surface area contributed by atoms with Crippen LogP contribution in [0.1, 0.15) is 32.1 Å². The molecule has 1 aliphatic rings. The van der Waals surface area contributed by atoms with E-state index in [4.69, 9.17) is 16.3 Å². The lowest BCUT2D eigenvalue weighted by Gasteiger charge is -2.31.